The number of amides is 8. The van der Waals surface area contributed by atoms with Gasteiger partial charge in [-0.3, -0.25) is 43.3 Å². The number of aliphatic hydroxyl groups is 1. The summed E-state index contributed by atoms with van der Waals surface area (Å²) >= 11 is 0. The molecule has 6 rings (SSSR count). The minimum Gasteiger partial charge on any atom is -0.450 e. The predicted octanol–water partition coefficient (Wildman–Crippen LogP) is 6.59. The minimum atomic E-state index is -1.99. The van der Waals surface area contributed by atoms with E-state index >= 15 is 28.8 Å². The fourth-order valence-electron chi connectivity index (χ4n) is 12.5. The number of likely N-dealkylation sites (N-methyl/N-ethyl adjacent to an activating group) is 4. The zero-order valence-corrected chi connectivity index (χ0v) is 55.1. The topological polar surface area (TPSA) is 248 Å². The summed E-state index contributed by atoms with van der Waals surface area (Å²) in [6.07, 6.45) is 3.41. The lowest BCUT2D eigenvalue weighted by Gasteiger charge is -2.39. The monoisotopic (exact) mass is 1230 g/mol. The Bertz CT molecular complexity index is 3160. The van der Waals surface area contributed by atoms with Crippen molar-refractivity contribution in [3.05, 3.63) is 102 Å². The fourth-order valence-corrected chi connectivity index (χ4v) is 12.5. The standard InChI is InChI=1S/C69H97N9O11/c1-17-43(9)55-66(85)75(14)56(41(5)6)61(80)71-51(34-40(3)4)64(83)77(16)59(69(11,12)88)68(87)89-58(44(10)18-2)67(86)76(15)57(42(7)8)62(81)72-52(36-45-24-20-19-21-25-45)63(82)74(13)54(65(84)78-33-23-28-53(78)60(79)73-55)37-46-26-22-27-48(35-46)49-30-29-47-31-32-70-39-50(47)38-49/h19-22,24-27,29-32,35,38-44,51-59,88H,17-18,23,28,33-34,36-37H2,1-16H3,(H,71,80)(H,72,81)(H,73,79)/t43-,44-,51-,52-,53-,54-,55-,56?,57?,58+,59+/m0/s1. The number of carbonyl (C=O) groups excluding carboxylic acids is 9. The first-order valence-corrected chi connectivity index (χ1v) is 31.6. The lowest BCUT2D eigenvalue weighted by Crippen LogP contribution is -2.63. The molecule has 484 valence electrons. The molecule has 2 fully saturated rings. The van der Waals surface area contributed by atoms with Gasteiger partial charge in [0.2, 0.25) is 41.4 Å². The van der Waals surface area contributed by atoms with Crippen molar-refractivity contribution in [2.75, 3.05) is 34.7 Å². The molecule has 0 spiro atoms. The molecule has 89 heavy (non-hydrogen) atoms. The highest BCUT2D eigenvalue weighted by molar-refractivity contribution is 5.99. The summed E-state index contributed by atoms with van der Waals surface area (Å²) in [6.45, 7) is 20.6. The maximum Gasteiger partial charge on any atom is 0.332 e. The van der Waals surface area contributed by atoms with Crippen LogP contribution in [0.4, 0.5) is 0 Å². The van der Waals surface area contributed by atoms with E-state index in [1.165, 1.54) is 61.6 Å². The molecule has 2 unspecified atom stereocenters. The number of rotatable bonds is 14. The third-order valence-electron chi connectivity index (χ3n) is 17.9. The highest BCUT2D eigenvalue weighted by Crippen LogP contribution is 2.30. The maximum absolute atomic E-state index is 15.8. The Kier molecular flexibility index (Phi) is 24.2. The third-order valence-corrected chi connectivity index (χ3v) is 17.9. The zero-order chi connectivity index (χ0) is 65.9. The van der Waals surface area contributed by atoms with Crippen LogP contribution < -0.4 is 16.0 Å². The van der Waals surface area contributed by atoms with Crippen molar-refractivity contribution in [2.45, 2.75) is 188 Å². The van der Waals surface area contributed by atoms with Crippen LogP contribution in [0.3, 0.4) is 0 Å². The van der Waals surface area contributed by atoms with Crippen LogP contribution in [0, 0.1) is 29.6 Å². The first-order chi connectivity index (χ1) is 41.9. The van der Waals surface area contributed by atoms with Gasteiger partial charge in [0.15, 0.2) is 12.1 Å². The fraction of sp³-hybridized carbons (Fsp3) is 0.565. The summed E-state index contributed by atoms with van der Waals surface area (Å²) in [5, 5.41) is 22.6. The molecule has 2 saturated heterocycles. The van der Waals surface area contributed by atoms with E-state index in [1.54, 1.807) is 66.1 Å². The number of hydrogen-bond acceptors (Lipinski definition) is 12. The summed E-state index contributed by atoms with van der Waals surface area (Å²) < 4.78 is 6.14. The molecule has 3 heterocycles. The van der Waals surface area contributed by atoms with Crippen molar-refractivity contribution in [1.82, 2.24) is 45.4 Å². The van der Waals surface area contributed by atoms with Crippen LogP contribution in [-0.4, -0.2) is 183 Å². The molecule has 4 N–H and O–H groups in total. The molecule has 20 heteroatoms. The number of carbonyl (C=O) groups is 9. The Morgan fingerprint density at radius 3 is 1.78 bits per heavy atom. The molecule has 3 aromatic carbocycles. The molecule has 0 aliphatic carbocycles. The molecule has 1 aromatic heterocycles. The van der Waals surface area contributed by atoms with Crippen molar-refractivity contribution in [3.63, 3.8) is 0 Å². The van der Waals surface area contributed by atoms with Crippen molar-refractivity contribution >= 4 is 64.0 Å². The molecule has 11 atom stereocenters. The largest absolute Gasteiger partial charge is 0.450 e. The van der Waals surface area contributed by atoms with Crippen LogP contribution in [0.2, 0.25) is 0 Å². The molecule has 0 bridgehead atoms. The quantitative estimate of drug-likeness (QED) is 0.0978. The average molecular weight is 1230 g/mol. The number of hydrogen-bond donors (Lipinski definition) is 4. The molecule has 2 aliphatic rings. The normalized spacial score (nSPS) is 24.9. The van der Waals surface area contributed by atoms with E-state index in [2.05, 4.69) is 20.9 Å². The number of pyridine rings is 1. The van der Waals surface area contributed by atoms with E-state index in [0.717, 1.165) is 26.8 Å². The minimum absolute atomic E-state index is 0.0202. The number of aromatic nitrogens is 1. The second-order valence-corrected chi connectivity index (χ2v) is 26.3. The van der Waals surface area contributed by atoms with E-state index in [0.29, 0.717) is 30.4 Å². The third kappa shape index (κ3) is 17.0. The average Bonchev–Trinajstić information content (AvgIpc) is 2.39. The van der Waals surface area contributed by atoms with E-state index in [1.807, 2.05) is 94.4 Å². The van der Waals surface area contributed by atoms with E-state index < -0.39 is 137 Å². The summed E-state index contributed by atoms with van der Waals surface area (Å²) in [6, 6.07) is 14.3. The lowest BCUT2D eigenvalue weighted by atomic mass is 9.93. The van der Waals surface area contributed by atoms with Gasteiger partial charge >= 0.3 is 5.97 Å². The number of benzene rings is 3. The summed E-state index contributed by atoms with van der Waals surface area (Å²) in [4.78, 5) is 147. The van der Waals surface area contributed by atoms with Crippen LogP contribution in [0.5, 0.6) is 0 Å². The number of nitrogens with zero attached hydrogens (tertiary/aromatic N) is 6. The van der Waals surface area contributed by atoms with Gasteiger partial charge in [-0.1, -0.05) is 142 Å². The van der Waals surface area contributed by atoms with Crippen LogP contribution in [-0.2, 0) is 60.7 Å². The molecule has 4 aromatic rings. The van der Waals surface area contributed by atoms with E-state index in [9.17, 15) is 19.5 Å². The zero-order valence-electron chi connectivity index (χ0n) is 55.1. The van der Waals surface area contributed by atoms with Gasteiger partial charge in [-0.15, -0.1) is 0 Å². The number of nitrogens with one attached hydrogen (secondary N) is 3. The van der Waals surface area contributed by atoms with Gasteiger partial charge in [0.25, 0.3) is 5.91 Å². The second-order valence-electron chi connectivity index (χ2n) is 26.3. The summed E-state index contributed by atoms with van der Waals surface area (Å²) in [5.74, 6) is -8.86. The Balaban J connectivity index is 1.52. The lowest BCUT2D eigenvalue weighted by molar-refractivity contribution is -0.177. The van der Waals surface area contributed by atoms with Gasteiger partial charge in [0.05, 0.1) is 5.60 Å². The predicted molar refractivity (Wildman–Crippen MR) is 342 cm³/mol. The highest BCUT2D eigenvalue weighted by atomic mass is 16.6. The van der Waals surface area contributed by atoms with Gasteiger partial charge in [0, 0.05) is 71.3 Å². The van der Waals surface area contributed by atoms with Crippen molar-refractivity contribution in [3.8, 4) is 11.1 Å². The Morgan fingerprint density at radius 1 is 0.596 bits per heavy atom. The first kappa shape index (κ1) is 70.3. The molecule has 8 amide bonds. The smallest absolute Gasteiger partial charge is 0.332 e. The van der Waals surface area contributed by atoms with Gasteiger partial charge in [-0.2, -0.15) is 0 Å². The first-order valence-electron chi connectivity index (χ1n) is 31.6. The number of esters is 1. The van der Waals surface area contributed by atoms with Crippen LogP contribution in [0.1, 0.15) is 126 Å². The Labute approximate surface area is 526 Å². The number of ether oxygens (including phenoxy) is 1. The second kappa shape index (κ2) is 30.6. The van der Waals surface area contributed by atoms with Crippen molar-refractivity contribution in [2.24, 2.45) is 29.6 Å². The maximum atomic E-state index is 15.8. The highest BCUT2D eigenvalue weighted by Gasteiger charge is 2.48. The van der Waals surface area contributed by atoms with E-state index in [-0.39, 0.29) is 38.1 Å². The van der Waals surface area contributed by atoms with Gasteiger partial charge < -0.3 is 50.3 Å². The van der Waals surface area contributed by atoms with E-state index in [4.69, 9.17) is 4.74 Å². The molecule has 0 saturated carbocycles. The number of cyclic esters (lactones) is 1. The van der Waals surface area contributed by atoms with Crippen LogP contribution >= 0.6 is 0 Å². The van der Waals surface area contributed by atoms with Crippen LogP contribution in [0.15, 0.2) is 91.3 Å². The SMILES string of the molecule is CC[C@H](C)[C@@H]1NC(=O)[C@@H]2CCCN2C(=O)[C@H](Cc2cccc(-c3ccc4ccncc4c3)c2)N(C)C(=O)[C@H](Cc2ccccc2)NC(=O)C(C(C)C)N(C)C(=O)[C@@H]([C@@H](C)CC)OC(=O)[C@H](C(C)(C)O)N(C)C(=O)[C@H](CC(C)C)NC(=O)C(C(C)C)N(C)C1=O. The van der Waals surface area contributed by atoms with Gasteiger partial charge in [-0.25, -0.2) is 4.79 Å². The number of fused-ring (bicyclic) bond motifs is 2. The Hall–Kier alpha value is -7.74. The van der Waals surface area contributed by atoms with Crippen LogP contribution in [0.25, 0.3) is 21.9 Å². The van der Waals surface area contributed by atoms with Crippen molar-refractivity contribution < 1.29 is 53.0 Å². The molecular formula is C69H97N9O11. The molecule has 20 nitrogen and oxygen atoms in total. The Morgan fingerprint density at radius 2 is 1.18 bits per heavy atom. The van der Waals surface area contributed by atoms with Crippen molar-refractivity contribution in [1.29, 1.82) is 0 Å². The molecule has 0 radical (unpaired) electrons. The summed E-state index contributed by atoms with van der Waals surface area (Å²) in [5.41, 5.74) is 1.12. The van der Waals surface area contributed by atoms with Gasteiger partial charge in [0.1, 0.15) is 42.3 Å². The van der Waals surface area contributed by atoms with Gasteiger partial charge in [-0.05, 0) is 103 Å². The summed E-state index contributed by atoms with van der Waals surface area (Å²) in [7, 11) is 5.69. The molecular weight excluding hydrogens is 1130 g/mol. The molecule has 2 aliphatic heterocycles.